The molecule has 3 aliphatic heterocycles. The second-order valence-electron chi connectivity index (χ2n) is 7.11. The average Bonchev–Trinajstić information content (AvgIpc) is 2.57. The van der Waals surface area contributed by atoms with E-state index in [1.807, 2.05) is 14.0 Å². The number of rotatable bonds is 2. The summed E-state index contributed by atoms with van der Waals surface area (Å²) in [6.07, 6.45) is 2.17. The van der Waals surface area contributed by atoms with E-state index >= 15 is 0 Å². The van der Waals surface area contributed by atoms with E-state index in [9.17, 15) is 0 Å². The fourth-order valence-electron chi connectivity index (χ4n) is 3.33. The largest absolute Gasteiger partial charge is 0.362 e. The number of aryl methyl sites for hydroxylation is 2. The molecule has 3 saturated heterocycles. The molecule has 2 bridgehead atoms. The lowest BCUT2D eigenvalue weighted by Gasteiger charge is -2.47. The summed E-state index contributed by atoms with van der Waals surface area (Å²) < 4.78 is 105. The highest BCUT2D eigenvalue weighted by atomic mass is 35.7. The predicted molar refractivity (Wildman–Crippen MR) is 68.7 cm³/mol. The molecule has 0 radical (unpaired) electrons. The van der Waals surface area contributed by atoms with Crippen molar-refractivity contribution in [2.24, 2.45) is 7.05 Å². The zero-order valence-corrected chi connectivity index (χ0v) is 19.7. The van der Waals surface area contributed by atoms with Crippen molar-refractivity contribution in [3.05, 3.63) is 17.6 Å². The molecule has 33 heavy (non-hydrogen) atoms. The summed E-state index contributed by atoms with van der Waals surface area (Å²) in [6, 6.07) is 0. The normalized spacial score (nSPS) is 22.2. The van der Waals surface area contributed by atoms with Crippen molar-refractivity contribution in [3.8, 4) is 0 Å². The maximum atomic E-state index is 8.49. The maximum absolute atomic E-state index is 8.49. The minimum Gasteiger partial charge on any atom is -0.362 e. The predicted octanol–water partition coefficient (Wildman–Crippen LogP) is -16.2. The van der Waals surface area contributed by atoms with Gasteiger partial charge in [0.05, 0.1) is 7.05 Å². The summed E-state index contributed by atoms with van der Waals surface area (Å²) in [7, 11) is -12.8. The molecule has 3 fully saturated rings. The zero-order valence-electron chi connectivity index (χ0n) is 17.5. The summed E-state index contributed by atoms with van der Waals surface area (Å²) >= 11 is 0. The van der Waals surface area contributed by atoms with E-state index in [1.54, 1.807) is 4.90 Å². The van der Waals surface area contributed by atoms with Gasteiger partial charge in [-0.3, -0.25) is 0 Å². The number of hydrogen-bond acceptors (Lipinski definition) is 14. The third-order valence-corrected chi connectivity index (χ3v) is 4.80. The Labute approximate surface area is 194 Å². The third-order valence-electron chi connectivity index (χ3n) is 4.80. The van der Waals surface area contributed by atoms with Crippen LogP contribution in [-0.2, 0) is 13.6 Å². The van der Waals surface area contributed by atoms with E-state index in [2.05, 4.69) is 15.7 Å². The second-order valence-corrected chi connectivity index (χ2v) is 9.38. The van der Waals surface area contributed by atoms with Gasteiger partial charge in [0.25, 0.3) is 11.6 Å². The fraction of sp³-hybridized carbons (Fsp3) is 0.692. The molecule has 20 heteroatoms. The number of anilines is 1. The minimum atomic E-state index is -4.94. The zero-order chi connectivity index (χ0) is 26.3. The first-order valence-electron chi connectivity index (χ1n) is 8.73. The van der Waals surface area contributed by atoms with Crippen molar-refractivity contribution in [3.63, 3.8) is 0 Å². The van der Waals surface area contributed by atoms with Gasteiger partial charge in [0, 0.05) is 6.92 Å². The van der Waals surface area contributed by atoms with Gasteiger partial charge in [-0.05, 0) is 4.98 Å². The Balaban J connectivity index is 0.000000564. The van der Waals surface area contributed by atoms with E-state index in [0.717, 1.165) is 18.2 Å². The minimum absolute atomic E-state index is 0.721. The van der Waals surface area contributed by atoms with E-state index in [4.69, 9.17) is 61.6 Å². The lowest BCUT2D eigenvalue weighted by Crippen LogP contribution is -3.19. The number of hydrogen-bond donors (Lipinski definition) is 2. The van der Waals surface area contributed by atoms with Crippen LogP contribution in [-0.4, -0.2) is 48.7 Å². The van der Waals surface area contributed by atoms with Crippen LogP contribution in [0.5, 0.6) is 0 Å². The van der Waals surface area contributed by atoms with Gasteiger partial charge >= 0.3 is 0 Å². The molecular formula is C13H24Cl3N5O12. The highest BCUT2D eigenvalue weighted by molar-refractivity contribution is 5.35. The van der Waals surface area contributed by atoms with Gasteiger partial charge in [-0.25, -0.2) is 60.5 Å². The van der Waals surface area contributed by atoms with Gasteiger partial charge in [-0.1, -0.05) is 0 Å². The van der Waals surface area contributed by atoms with Gasteiger partial charge in [0.2, 0.25) is 0 Å². The quantitative estimate of drug-likeness (QED) is 0.256. The number of nitrogens with one attached hydrogen (secondary N) is 1. The van der Waals surface area contributed by atoms with Crippen LogP contribution in [0.3, 0.4) is 0 Å². The number of halogens is 3. The van der Waals surface area contributed by atoms with Crippen LogP contribution in [0, 0.1) is 37.7 Å². The molecule has 4 rings (SSSR count). The van der Waals surface area contributed by atoms with Crippen LogP contribution in [0.4, 0.5) is 5.82 Å². The van der Waals surface area contributed by atoms with Crippen molar-refractivity contribution in [2.45, 2.75) is 13.5 Å². The summed E-state index contributed by atoms with van der Waals surface area (Å²) in [5, 5.41) is 0. The van der Waals surface area contributed by atoms with Crippen LogP contribution in [0.15, 0.2) is 6.20 Å². The number of nitrogens with zero attached hydrogens (tertiary/aromatic N) is 3. The first kappa shape index (κ1) is 32.2. The van der Waals surface area contributed by atoms with Crippen molar-refractivity contribution in [1.82, 2.24) is 4.98 Å². The Hall–Kier alpha value is -0.810. The lowest BCUT2D eigenvalue weighted by atomic mass is 10.1. The van der Waals surface area contributed by atoms with Crippen molar-refractivity contribution in [1.29, 1.82) is 0 Å². The summed E-state index contributed by atoms with van der Waals surface area (Å²) in [5.74, 6) is 1.70. The molecule has 0 spiro atoms. The smallest absolute Gasteiger partial charge is 0.297 e. The molecule has 17 nitrogen and oxygen atoms in total. The lowest BCUT2D eigenvalue weighted by molar-refractivity contribution is -2.00. The average molecular weight is 549 g/mol. The number of quaternary nitrogens is 2. The van der Waals surface area contributed by atoms with Gasteiger partial charge in [0.1, 0.15) is 57.6 Å². The van der Waals surface area contributed by atoms with Crippen LogP contribution < -0.4 is 71.1 Å². The Morgan fingerprint density at radius 2 is 1.18 bits per heavy atom. The summed E-state index contributed by atoms with van der Waals surface area (Å²) in [4.78, 5) is 6.23. The van der Waals surface area contributed by atoms with Gasteiger partial charge in [-0.15, -0.1) is 30.7 Å². The monoisotopic (exact) mass is 547 g/mol. The molecular weight excluding hydrogens is 525 g/mol. The highest BCUT2D eigenvalue weighted by Gasteiger charge is 2.42. The molecule has 0 aromatic carbocycles. The second kappa shape index (κ2) is 12.8. The van der Waals surface area contributed by atoms with E-state index in [-0.39, 0.29) is 0 Å². The van der Waals surface area contributed by atoms with E-state index < -0.39 is 30.7 Å². The van der Waals surface area contributed by atoms with Crippen molar-refractivity contribution >= 4 is 5.82 Å². The number of nitrogens with two attached hydrogens (primary N) is 1. The van der Waals surface area contributed by atoms with Crippen LogP contribution >= 0.6 is 0 Å². The van der Waals surface area contributed by atoms with Crippen LogP contribution in [0.25, 0.3) is 0 Å². The Bertz CT molecular complexity index is 675. The number of nitrogen functional groups attached to an aromatic ring is 1. The topological polar surface area (TPSA) is 324 Å². The molecule has 194 valence electrons. The molecule has 0 aliphatic carbocycles. The number of aromatic nitrogens is 2. The molecule has 4 heterocycles. The van der Waals surface area contributed by atoms with E-state index in [1.165, 1.54) is 49.3 Å². The first-order valence-corrected chi connectivity index (χ1v) is 12.4. The third kappa shape index (κ3) is 18.2. The molecule has 1 aromatic heterocycles. The number of fused-ring (bicyclic) bond motifs is 3. The Morgan fingerprint density at radius 3 is 1.52 bits per heavy atom. The van der Waals surface area contributed by atoms with Gasteiger partial charge in [-0.2, -0.15) is 0 Å². The summed E-state index contributed by atoms with van der Waals surface area (Å²) in [5.41, 5.74) is 7.31. The van der Waals surface area contributed by atoms with E-state index in [0.29, 0.717) is 0 Å². The Kier molecular flexibility index (Phi) is 12.5. The van der Waals surface area contributed by atoms with Crippen LogP contribution in [0.2, 0.25) is 0 Å². The first-order chi connectivity index (χ1) is 14.6. The fourth-order valence-corrected chi connectivity index (χ4v) is 3.33. The summed E-state index contributed by atoms with van der Waals surface area (Å²) in [6.45, 7) is 10.9. The Morgan fingerprint density at radius 1 is 0.848 bits per heavy atom. The molecule has 3 aliphatic rings. The molecule has 0 saturated carbocycles. The standard InChI is InChI=1S/C13H22N5.3ClHO4/c1-11-15-13(14)12(9-16(11)2)10-18-6-3-17(4-7-18)5-8-18;3*2-1(3,4)5/h9,14H,3-8,10H2,1-2H3;3*(H,2,3,4,5)/q+1;;;/p-1. The maximum Gasteiger partial charge on any atom is 0.297 e. The van der Waals surface area contributed by atoms with Crippen molar-refractivity contribution < 1.29 is 101 Å². The number of piperazine rings is 3. The SMILES string of the molecule is Cc1nc(N)c(C[N+]23CC[NH+](CC2)CC3)c[n+]1C.[O-][Cl+3]([O-])([O-])[O-].[O-][Cl+3]([O-])([O-])[O-].[O-][Cl+3]([O-])([O-])[O-]. The molecule has 0 atom stereocenters. The molecule has 3 N–H and O–H groups in total. The highest BCUT2D eigenvalue weighted by Crippen LogP contribution is 2.19. The van der Waals surface area contributed by atoms with Crippen LogP contribution in [0.1, 0.15) is 11.4 Å². The molecule has 1 aromatic rings. The molecule has 0 unspecified atom stereocenters. The molecule has 0 amide bonds. The van der Waals surface area contributed by atoms with Crippen molar-refractivity contribution in [2.75, 3.05) is 45.0 Å². The van der Waals surface area contributed by atoms with Gasteiger partial charge < -0.3 is 15.1 Å². The van der Waals surface area contributed by atoms with Gasteiger partial charge in [0.15, 0.2) is 0 Å².